The van der Waals surface area contributed by atoms with Crippen LogP contribution in [0.15, 0.2) is 36.7 Å². The Labute approximate surface area is 55.4 Å². The quantitative estimate of drug-likeness (QED) is 0.510. The van der Waals surface area contributed by atoms with Crippen LogP contribution in [-0.4, -0.2) is 0 Å². The summed E-state index contributed by atoms with van der Waals surface area (Å²) in [6, 6.07) is 0. The van der Waals surface area contributed by atoms with Crippen molar-refractivity contribution in [2.75, 3.05) is 0 Å². The van der Waals surface area contributed by atoms with Gasteiger partial charge in [-0.3, -0.25) is 0 Å². The molecule has 0 bridgehead atoms. The minimum Gasteiger partial charge on any atom is -0.207 e. The first-order chi connectivity index (χ1) is 4.22. The van der Waals surface area contributed by atoms with E-state index in [1.54, 1.807) is 12.2 Å². The Bertz CT molecular complexity index is 143. The van der Waals surface area contributed by atoms with Crippen LogP contribution in [0.2, 0.25) is 0 Å². The molecular formula is C8H11F. The number of hydrogen-bond acceptors (Lipinski definition) is 0. The topological polar surface area (TPSA) is 0 Å². The molecule has 0 unspecified atom stereocenters. The van der Waals surface area contributed by atoms with Crippen molar-refractivity contribution in [3.05, 3.63) is 36.7 Å². The Morgan fingerprint density at radius 2 is 2.22 bits per heavy atom. The summed E-state index contributed by atoms with van der Waals surface area (Å²) >= 11 is 0. The van der Waals surface area contributed by atoms with Gasteiger partial charge in [0.1, 0.15) is 5.83 Å². The fourth-order valence-corrected chi connectivity index (χ4v) is 0.542. The first kappa shape index (κ1) is 8.15. The summed E-state index contributed by atoms with van der Waals surface area (Å²) in [5, 5.41) is 0. The van der Waals surface area contributed by atoms with E-state index in [1.165, 1.54) is 0 Å². The van der Waals surface area contributed by atoms with Gasteiger partial charge >= 0.3 is 0 Å². The molecule has 0 amide bonds. The maximum absolute atomic E-state index is 12.2. The van der Waals surface area contributed by atoms with Crippen molar-refractivity contribution in [3.8, 4) is 0 Å². The number of allylic oxidation sites excluding steroid dienone is 4. The van der Waals surface area contributed by atoms with E-state index in [4.69, 9.17) is 0 Å². The molecule has 0 radical (unpaired) electrons. The van der Waals surface area contributed by atoms with Gasteiger partial charge in [0.2, 0.25) is 0 Å². The highest BCUT2D eigenvalue weighted by Gasteiger charge is 1.94. The summed E-state index contributed by atoms with van der Waals surface area (Å²) in [7, 11) is 0. The lowest BCUT2D eigenvalue weighted by Crippen LogP contribution is -1.77. The van der Waals surface area contributed by atoms with E-state index in [2.05, 4.69) is 13.2 Å². The fourth-order valence-electron chi connectivity index (χ4n) is 0.542. The maximum atomic E-state index is 12.2. The van der Waals surface area contributed by atoms with Gasteiger partial charge < -0.3 is 0 Å². The first-order valence-corrected chi connectivity index (χ1v) is 2.88. The predicted octanol–water partition coefficient (Wildman–Crippen LogP) is 2.99. The Kier molecular flexibility index (Phi) is 3.69. The molecule has 9 heavy (non-hydrogen) atoms. The summed E-state index contributed by atoms with van der Waals surface area (Å²) in [6.07, 6.45) is 3.85. The monoisotopic (exact) mass is 126 g/mol. The van der Waals surface area contributed by atoms with E-state index in [9.17, 15) is 4.39 Å². The molecule has 1 heteroatoms. The number of rotatable bonds is 3. The van der Waals surface area contributed by atoms with Gasteiger partial charge in [-0.05, 0) is 12.0 Å². The summed E-state index contributed by atoms with van der Waals surface area (Å²) in [6.45, 7) is 8.48. The smallest absolute Gasteiger partial charge is 0.119 e. The highest BCUT2D eigenvalue weighted by atomic mass is 19.1. The standard InChI is InChI=1S/C8H11F/c1-4-6-8(5-2)7(3)9/h4,6H,1,3,5H2,2H3/b8-6-. The van der Waals surface area contributed by atoms with Gasteiger partial charge in [-0.25, -0.2) is 4.39 Å². The molecule has 0 aromatic rings. The van der Waals surface area contributed by atoms with Crippen LogP contribution >= 0.6 is 0 Å². The highest BCUT2D eigenvalue weighted by Crippen LogP contribution is 2.11. The molecule has 0 nitrogen and oxygen atoms in total. The van der Waals surface area contributed by atoms with Crippen LogP contribution in [0.4, 0.5) is 4.39 Å². The lowest BCUT2D eigenvalue weighted by molar-refractivity contribution is 0.647. The molecule has 0 aliphatic rings. The second kappa shape index (κ2) is 4.07. The molecule has 0 rings (SSSR count). The molecule has 0 spiro atoms. The lowest BCUT2D eigenvalue weighted by atomic mass is 10.2. The van der Waals surface area contributed by atoms with E-state index in [1.807, 2.05) is 6.92 Å². The molecule has 0 aromatic carbocycles. The molecular weight excluding hydrogens is 115 g/mol. The van der Waals surface area contributed by atoms with E-state index < -0.39 is 0 Å². The van der Waals surface area contributed by atoms with Gasteiger partial charge in [-0.15, -0.1) is 0 Å². The number of hydrogen-bond donors (Lipinski definition) is 0. The van der Waals surface area contributed by atoms with Gasteiger partial charge in [0.05, 0.1) is 0 Å². The minimum atomic E-state index is -0.364. The van der Waals surface area contributed by atoms with Crippen LogP contribution in [0.5, 0.6) is 0 Å². The van der Waals surface area contributed by atoms with Crippen LogP contribution in [0.25, 0.3) is 0 Å². The van der Waals surface area contributed by atoms with E-state index in [0.29, 0.717) is 12.0 Å². The zero-order chi connectivity index (χ0) is 7.28. The van der Waals surface area contributed by atoms with Crippen LogP contribution in [0.1, 0.15) is 13.3 Å². The molecule has 50 valence electrons. The van der Waals surface area contributed by atoms with Crippen LogP contribution in [0, 0.1) is 0 Å². The molecule has 0 fully saturated rings. The Balaban J connectivity index is 4.14. The SMILES string of the molecule is C=C/C=C(/CC)C(=C)F. The van der Waals surface area contributed by atoms with Gasteiger partial charge in [0.15, 0.2) is 0 Å². The third-order valence-corrected chi connectivity index (χ3v) is 1.05. The minimum absolute atomic E-state index is 0.364. The second-order valence-electron chi connectivity index (χ2n) is 1.69. The Morgan fingerprint density at radius 3 is 2.33 bits per heavy atom. The first-order valence-electron chi connectivity index (χ1n) is 2.88. The highest BCUT2D eigenvalue weighted by molar-refractivity contribution is 5.25. The molecule has 0 aliphatic heterocycles. The zero-order valence-electron chi connectivity index (χ0n) is 5.65. The molecule has 0 saturated heterocycles. The average molecular weight is 126 g/mol. The third kappa shape index (κ3) is 2.85. The largest absolute Gasteiger partial charge is 0.207 e. The zero-order valence-corrected chi connectivity index (χ0v) is 5.65. The van der Waals surface area contributed by atoms with Crippen molar-refractivity contribution in [3.63, 3.8) is 0 Å². The van der Waals surface area contributed by atoms with Gasteiger partial charge in [-0.2, -0.15) is 0 Å². The van der Waals surface area contributed by atoms with Crippen LogP contribution in [0.3, 0.4) is 0 Å². The molecule has 0 saturated carbocycles. The van der Waals surface area contributed by atoms with Crippen LogP contribution < -0.4 is 0 Å². The van der Waals surface area contributed by atoms with E-state index in [-0.39, 0.29) is 5.83 Å². The molecule has 0 heterocycles. The van der Waals surface area contributed by atoms with E-state index >= 15 is 0 Å². The second-order valence-corrected chi connectivity index (χ2v) is 1.69. The molecule has 0 atom stereocenters. The molecule has 0 aliphatic carbocycles. The summed E-state index contributed by atoms with van der Waals surface area (Å²) in [5.74, 6) is -0.364. The van der Waals surface area contributed by atoms with Crippen molar-refractivity contribution in [1.82, 2.24) is 0 Å². The van der Waals surface area contributed by atoms with Gasteiger partial charge in [-0.1, -0.05) is 32.2 Å². The summed E-state index contributed by atoms with van der Waals surface area (Å²) in [4.78, 5) is 0. The van der Waals surface area contributed by atoms with Gasteiger partial charge in [0.25, 0.3) is 0 Å². The number of halogens is 1. The third-order valence-electron chi connectivity index (χ3n) is 1.05. The lowest BCUT2D eigenvalue weighted by Gasteiger charge is -1.94. The summed E-state index contributed by atoms with van der Waals surface area (Å²) in [5.41, 5.74) is 0.616. The fraction of sp³-hybridized carbons (Fsp3) is 0.250. The predicted molar refractivity (Wildman–Crippen MR) is 38.8 cm³/mol. The van der Waals surface area contributed by atoms with Crippen molar-refractivity contribution in [2.45, 2.75) is 13.3 Å². The van der Waals surface area contributed by atoms with Crippen molar-refractivity contribution >= 4 is 0 Å². The normalized spacial score (nSPS) is 11.1. The van der Waals surface area contributed by atoms with Crippen LogP contribution in [-0.2, 0) is 0 Å². The summed E-state index contributed by atoms with van der Waals surface area (Å²) < 4.78 is 12.2. The molecule has 0 N–H and O–H groups in total. The Morgan fingerprint density at radius 1 is 1.67 bits per heavy atom. The maximum Gasteiger partial charge on any atom is 0.119 e. The van der Waals surface area contributed by atoms with Crippen molar-refractivity contribution < 1.29 is 4.39 Å². The van der Waals surface area contributed by atoms with Crippen molar-refractivity contribution in [1.29, 1.82) is 0 Å². The Hall–Kier alpha value is -0.850. The molecule has 0 aromatic heterocycles. The van der Waals surface area contributed by atoms with Crippen molar-refractivity contribution in [2.24, 2.45) is 0 Å². The van der Waals surface area contributed by atoms with E-state index in [0.717, 1.165) is 0 Å². The van der Waals surface area contributed by atoms with Gasteiger partial charge in [0, 0.05) is 0 Å². The average Bonchev–Trinajstić information content (AvgIpc) is 1.82.